The molecule has 108 valence electrons. The highest BCUT2D eigenvalue weighted by Crippen LogP contribution is 2.20. The highest BCUT2D eigenvalue weighted by atomic mass is 32.2. The molecule has 1 aromatic carbocycles. The first-order chi connectivity index (χ1) is 9.01. The maximum atomic E-state index is 12.4. The third-order valence-electron chi connectivity index (χ3n) is 2.98. The Kier molecular flexibility index (Phi) is 6.31. The molecule has 2 N–H and O–H groups in total. The van der Waals surface area contributed by atoms with Gasteiger partial charge in [-0.05, 0) is 38.4 Å². The van der Waals surface area contributed by atoms with Crippen LogP contribution in [0, 0.1) is 6.92 Å². The number of anilines is 1. The van der Waals surface area contributed by atoms with Crippen LogP contribution in [-0.4, -0.2) is 27.3 Å². The molecule has 0 fully saturated rings. The number of rotatable bonds is 8. The molecule has 0 saturated carbocycles. The van der Waals surface area contributed by atoms with Crippen LogP contribution in [0.15, 0.2) is 24.3 Å². The van der Waals surface area contributed by atoms with Crippen LogP contribution in [0.1, 0.15) is 31.7 Å². The molecule has 0 bridgehead atoms. The van der Waals surface area contributed by atoms with E-state index in [1.54, 1.807) is 0 Å². The van der Waals surface area contributed by atoms with Crippen molar-refractivity contribution in [1.82, 2.24) is 0 Å². The van der Waals surface area contributed by atoms with Crippen LogP contribution in [0.4, 0.5) is 5.69 Å². The van der Waals surface area contributed by atoms with Crippen molar-refractivity contribution in [3.8, 4) is 0 Å². The number of hydrogen-bond donors (Lipinski definition) is 1. The van der Waals surface area contributed by atoms with Gasteiger partial charge in [0.2, 0.25) is 10.0 Å². The first-order valence-electron chi connectivity index (χ1n) is 6.78. The van der Waals surface area contributed by atoms with Crippen molar-refractivity contribution < 1.29 is 8.42 Å². The average Bonchev–Trinajstić information content (AvgIpc) is 2.39. The van der Waals surface area contributed by atoms with E-state index in [0.29, 0.717) is 25.9 Å². The molecule has 0 aliphatic carbocycles. The normalized spacial score (nSPS) is 11.5. The van der Waals surface area contributed by atoms with Crippen molar-refractivity contribution in [1.29, 1.82) is 0 Å². The maximum absolute atomic E-state index is 12.4. The number of nitrogens with zero attached hydrogens (tertiary/aromatic N) is 1. The third kappa shape index (κ3) is 4.84. The zero-order valence-corrected chi connectivity index (χ0v) is 12.6. The molecule has 0 amide bonds. The lowest BCUT2D eigenvalue weighted by Gasteiger charge is -2.24. The lowest BCUT2D eigenvalue weighted by Crippen LogP contribution is -2.34. The van der Waals surface area contributed by atoms with Gasteiger partial charge in [0.25, 0.3) is 0 Å². The predicted molar refractivity (Wildman–Crippen MR) is 80.9 cm³/mol. The standard InChI is InChI=1S/C14H24N2O2S/c1-3-4-12-19(17,18)16(11-5-10-15)14-8-6-13(2)7-9-14/h6-9H,3-5,10-12,15H2,1-2H3. The Morgan fingerprint density at radius 1 is 1.16 bits per heavy atom. The van der Waals surface area contributed by atoms with E-state index >= 15 is 0 Å². The van der Waals surface area contributed by atoms with E-state index in [4.69, 9.17) is 5.73 Å². The van der Waals surface area contributed by atoms with Crippen LogP contribution < -0.4 is 10.0 Å². The molecule has 5 heteroatoms. The Labute approximate surface area is 116 Å². The van der Waals surface area contributed by atoms with Crippen LogP contribution in [0.25, 0.3) is 0 Å². The second kappa shape index (κ2) is 7.50. The predicted octanol–water partition coefficient (Wildman–Crippen LogP) is 2.28. The van der Waals surface area contributed by atoms with E-state index < -0.39 is 10.0 Å². The van der Waals surface area contributed by atoms with Crippen LogP contribution in [0.5, 0.6) is 0 Å². The minimum Gasteiger partial charge on any atom is -0.330 e. The lowest BCUT2D eigenvalue weighted by atomic mass is 10.2. The number of aryl methyl sites for hydroxylation is 1. The summed E-state index contributed by atoms with van der Waals surface area (Å²) in [5.74, 6) is 0.196. The SMILES string of the molecule is CCCCS(=O)(=O)N(CCCN)c1ccc(C)cc1. The molecule has 0 atom stereocenters. The molecule has 0 aliphatic heterocycles. The molecule has 1 rings (SSSR count). The van der Waals surface area contributed by atoms with Gasteiger partial charge in [-0.1, -0.05) is 31.0 Å². The van der Waals surface area contributed by atoms with Gasteiger partial charge in [-0.25, -0.2) is 8.42 Å². The summed E-state index contributed by atoms with van der Waals surface area (Å²) in [5, 5.41) is 0. The minimum absolute atomic E-state index is 0.196. The van der Waals surface area contributed by atoms with Crippen molar-refractivity contribution in [3.05, 3.63) is 29.8 Å². The highest BCUT2D eigenvalue weighted by molar-refractivity contribution is 7.92. The van der Waals surface area contributed by atoms with Crippen molar-refractivity contribution >= 4 is 15.7 Å². The molecular weight excluding hydrogens is 260 g/mol. The Morgan fingerprint density at radius 2 is 1.79 bits per heavy atom. The second-order valence-electron chi connectivity index (χ2n) is 4.72. The number of sulfonamides is 1. The van der Waals surface area contributed by atoms with Gasteiger partial charge in [-0.3, -0.25) is 4.31 Å². The highest BCUT2D eigenvalue weighted by Gasteiger charge is 2.21. The Morgan fingerprint density at radius 3 is 2.32 bits per heavy atom. The third-order valence-corrected chi connectivity index (χ3v) is 4.85. The summed E-state index contributed by atoms with van der Waals surface area (Å²) in [6, 6.07) is 7.57. The number of unbranched alkanes of at least 4 members (excludes halogenated alkanes) is 1. The topological polar surface area (TPSA) is 63.4 Å². The monoisotopic (exact) mass is 284 g/mol. The number of hydrogen-bond acceptors (Lipinski definition) is 3. The summed E-state index contributed by atoms with van der Waals surface area (Å²) in [5.41, 5.74) is 7.35. The van der Waals surface area contributed by atoms with E-state index in [0.717, 1.165) is 17.7 Å². The summed E-state index contributed by atoms with van der Waals surface area (Å²) in [4.78, 5) is 0. The van der Waals surface area contributed by atoms with Gasteiger partial charge in [-0.2, -0.15) is 0 Å². The summed E-state index contributed by atoms with van der Waals surface area (Å²) >= 11 is 0. The van der Waals surface area contributed by atoms with Gasteiger partial charge in [0.05, 0.1) is 11.4 Å². The van der Waals surface area contributed by atoms with E-state index in [1.807, 2.05) is 38.1 Å². The van der Waals surface area contributed by atoms with Gasteiger partial charge >= 0.3 is 0 Å². The molecule has 0 spiro atoms. The van der Waals surface area contributed by atoms with Crippen molar-refractivity contribution in [2.75, 3.05) is 23.1 Å². The van der Waals surface area contributed by atoms with Gasteiger partial charge in [-0.15, -0.1) is 0 Å². The molecule has 1 aromatic rings. The van der Waals surface area contributed by atoms with Gasteiger partial charge in [0, 0.05) is 6.54 Å². The number of benzene rings is 1. The fourth-order valence-electron chi connectivity index (χ4n) is 1.81. The van der Waals surface area contributed by atoms with Crippen LogP contribution >= 0.6 is 0 Å². The van der Waals surface area contributed by atoms with Crippen LogP contribution in [0.3, 0.4) is 0 Å². The summed E-state index contributed by atoms with van der Waals surface area (Å²) < 4.78 is 26.2. The van der Waals surface area contributed by atoms with Crippen molar-refractivity contribution in [3.63, 3.8) is 0 Å². The van der Waals surface area contributed by atoms with Gasteiger partial charge < -0.3 is 5.73 Å². The van der Waals surface area contributed by atoms with Crippen LogP contribution in [-0.2, 0) is 10.0 Å². The second-order valence-corrected chi connectivity index (χ2v) is 6.73. The summed E-state index contributed by atoms with van der Waals surface area (Å²) in [6.45, 7) is 4.92. The summed E-state index contributed by atoms with van der Waals surface area (Å²) in [7, 11) is -3.24. The molecule has 0 radical (unpaired) electrons. The maximum Gasteiger partial charge on any atom is 0.235 e. The largest absolute Gasteiger partial charge is 0.330 e. The average molecular weight is 284 g/mol. The van der Waals surface area contributed by atoms with Crippen LogP contribution in [0.2, 0.25) is 0 Å². The van der Waals surface area contributed by atoms with Crippen molar-refractivity contribution in [2.24, 2.45) is 5.73 Å². The molecule has 0 heterocycles. The first-order valence-corrected chi connectivity index (χ1v) is 8.39. The Balaban J connectivity index is 2.96. The number of nitrogens with two attached hydrogens (primary N) is 1. The van der Waals surface area contributed by atoms with E-state index in [9.17, 15) is 8.42 Å². The van der Waals surface area contributed by atoms with E-state index in [2.05, 4.69) is 0 Å². The molecule has 19 heavy (non-hydrogen) atoms. The Bertz CT molecular complexity index is 469. The first kappa shape index (κ1) is 16.0. The quantitative estimate of drug-likeness (QED) is 0.796. The summed E-state index contributed by atoms with van der Waals surface area (Å²) in [6.07, 6.45) is 2.23. The van der Waals surface area contributed by atoms with E-state index in [-0.39, 0.29) is 5.75 Å². The molecule has 0 aliphatic rings. The van der Waals surface area contributed by atoms with E-state index in [1.165, 1.54) is 4.31 Å². The smallest absolute Gasteiger partial charge is 0.235 e. The zero-order valence-electron chi connectivity index (χ0n) is 11.8. The Hall–Kier alpha value is -1.07. The minimum atomic E-state index is -3.24. The molecule has 0 aromatic heterocycles. The van der Waals surface area contributed by atoms with Gasteiger partial charge in [0.15, 0.2) is 0 Å². The molecule has 0 unspecified atom stereocenters. The van der Waals surface area contributed by atoms with Crippen molar-refractivity contribution in [2.45, 2.75) is 33.1 Å². The zero-order chi connectivity index (χ0) is 14.3. The molecular formula is C14H24N2O2S. The fraction of sp³-hybridized carbons (Fsp3) is 0.571. The molecule has 0 saturated heterocycles. The molecule has 4 nitrogen and oxygen atoms in total. The fourth-order valence-corrected chi connectivity index (χ4v) is 3.54. The van der Waals surface area contributed by atoms with Gasteiger partial charge in [0.1, 0.15) is 0 Å². The lowest BCUT2D eigenvalue weighted by molar-refractivity contribution is 0.586.